The van der Waals surface area contributed by atoms with Crippen LogP contribution >= 0.6 is 23.2 Å². The Morgan fingerprint density at radius 1 is 0.875 bits per heavy atom. The zero-order valence-corrected chi connectivity index (χ0v) is 18.5. The van der Waals surface area contributed by atoms with E-state index < -0.39 is 29.9 Å². The van der Waals surface area contributed by atoms with Crippen molar-refractivity contribution in [1.29, 1.82) is 0 Å². The molecule has 0 bridgehead atoms. The predicted octanol–water partition coefficient (Wildman–Crippen LogP) is 5.05. The van der Waals surface area contributed by atoms with Gasteiger partial charge in [0.15, 0.2) is 6.10 Å². The number of hydrogen-bond donors (Lipinski definition) is 0. The molecule has 2 saturated heterocycles. The third-order valence-electron chi connectivity index (χ3n) is 5.72. The minimum atomic E-state index is -1.01. The number of imide groups is 1. The van der Waals surface area contributed by atoms with Gasteiger partial charge in [0, 0.05) is 0 Å². The number of hydroxylamine groups is 1. The lowest BCUT2D eigenvalue weighted by Crippen LogP contribution is -2.37. The quantitative estimate of drug-likeness (QED) is 0.501. The number of para-hydroxylation sites is 2. The molecule has 3 atom stereocenters. The van der Waals surface area contributed by atoms with Crippen molar-refractivity contribution in [3.63, 3.8) is 0 Å². The maximum atomic E-state index is 13.7. The number of benzene rings is 3. The van der Waals surface area contributed by atoms with Gasteiger partial charge in [-0.05, 0) is 42.0 Å². The molecule has 0 N–H and O–H groups in total. The summed E-state index contributed by atoms with van der Waals surface area (Å²) >= 11 is 12.6. The summed E-state index contributed by atoms with van der Waals surface area (Å²) in [7, 11) is 1.58. The fourth-order valence-corrected chi connectivity index (χ4v) is 4.87. The molecule has 0 spiro atoms. The highest BCUT2D eigenvalue weighted by Gasteiger charge is 2.60. The SMILES string of the molecule is COc1cccc([C@H]2[C@H]3C(=O)N(c4c(Cl)cccc4Cl)C(=O)[C@@H]3ON2c2ccccc2)c1. The summed E-state index contributed by atoms with van der Waals surface area (Å²) in [6, 6.07) is 21.0. The van der Waals surface area contributed by atoms with Crippen LogP contribution < -0.4 is 14.7 Å². The lowest BCUT2D eigenvalue weighted by molar-refractivity contribution is -0.126. The van der Waals surface area contributed by atoms with E-state index in [1.807, 2.05) is 54.6 Å². The molecule has 2 amide bonds. The highest BCUT2D eigenvalue weighted by Crippen LogP contribution is 2.49. The fourth-order valence-electron chi connectivity index (χ4n) is 4.30. The zero-order chi connectivity index (χ0) is 22.4. The number of ether oxygens (including phenoxy) is 1. The molecule has 3 aromatic carbocycles. The van der Waals surface area contributed by atoms with Crippen LogP contribution in [0, 0.1) is 5.92 Å². The van der Waals surface area contributed by atoms with Crippen LogP contribution in [0.5, 0.6) is 5.75 Å². The number of rotatable bonds is 4. The number of halogens is 2. The van der Waals surface area contributed by atoms with Crippen molar-refractivity contribution in [1.82, 2.24) is 0 Å². The van der Waals surface area contributed by atoms with E-state index in [1.54, 1.807) is 30.4 Å². The van der Waals surface area contributed by atoms with Gasteiger partial charge in [-0.15, -0.1) is 0 Å². The lowest BCUT2D eigenvalue weighted by atomic mass is 9.90. The van der Waals surface area contributed by atoms with Crippen molar-refractivity contribution in [3.05, 3.63) is 88.4 Å². The van der Waals surface area contributed by atoms with E-state index in [0.717, 1.165) is 16.2 Å². The number of methoxy groups -OCH3 is 1. The van der Waals surface area contributed by atoms with Crippen molar-refractivity contribution < 1.29 is 19.2 Å². The summed E-state index contributed by atoms with van der Waals surface area (Å²) in [6.45, 7) is 0. The topological polar surface area (TPSA) is 59.1 Å². The molecular formula is C24H18Cl2N2O4. The maximum absolute atomic E-state index is 13.7. The molecule has 8 heteroatoms. The molecule has 5 rings (SSSR count). The van der Waals surface area contributed by atoms with Gasteiger partial charge in [0.05, 0.1) is 34.6 Å². The van der Waals surface area contributed by atoms with Gasteiger partial charge in [0.1, 0.15) is 11.7 Å². The van der Waals surface area contributed by atoms with Crippen molar-refractivity contribution in [2.75, 3.05) is 17.1 Å². The molecule has 162 valence electrons. The number of carbonyl (C=O) groups excluding carboxylic acids is 2. The van der Waals surface area contributed by atoms with Crippen LogP contribution in [-0.4, -0.2) is 25.0 Å². The van der Waals surface area contributed by atoms with E-state index in [-0.39, 0.29) is 15.7 Å². The second-order valence-electron chi connectivity index (χ2n) is 7.52. The minimum absolute atomic E-state index is 0.180. The number of fused-ring (bicyclic) bond motifs is 1. The maximum Gasteiger partial charge on any atom is 0.266 e. The van der Waals surface area contributed by atoms with Gasteiger partial charge in [-0.3, -0.25) is 14.4 Å². The Labute approximate surface area is 194 Å². The molecule has 32 heavy (non-hydrogen) atoms. The normalized spacial score (nSPS) is 22.4. The molecule has 0 radical (unpaired) electrons. The standard InChI is InChI=1S/C24H18Cl2N2O4/c1-31-16-10-5-7-14(13-16)20-19-22(32-28(20)15-8-3-2-4-9-15)24(30)27(23(19)29)21-17(25)11-6-12-18(21)26/h2-13,19-20,22H,1H3/t19-,20+,22-/m1/s1. The molecular weight excluding hydrogens is 451 g/mol. The van der Waals surface area contributed by atoms with Crippen LogP contribution in [0.1, 0.15) is 11.6 Å². The van der Waals surface area contributed by atoms with Crippen LogP contribution in [0.25, 0.3) is 0 Å². The Hall–Kier alpha value is -3.06. The van der Waals surface area contributed by atoms with Gasteiger partial charge in [0.2, 0.25) is 5.91 Å². The lowest BCUT2D eigenvalue weighted by Gasteiger charge is -2.29. The van der Waals surface area contributed by atoms with Crippen LogP contribution in [0.15, 0.2) is 72.8 Å². The summed E-state index contributed by atoms with van der Waals surface area (Å²) in [5.41, 5.74) is 1.70. The molecule has 0 aliphatic carbocycles. The van der Waals surface area contributed by atoms with Crippen LogP contribution in [0.3, 0.4) is 0 Å². The van der Waals surface area contributed by atoms with Crippen LogP contribution in [0.2, 0.25) is 10.0 Å². The average molecular weight is 469 g/mol. The van der Waals surface area contributed by atoms with E-state index >= 15 is 0 Å². The van der Waals surface area contributed by atoms with Gasteiger partial charge in [-0.2, -0.15) is 0 Å². The molecule has 2 heterocycles. The third-order valence-corrected chi connectivity index (χ3v) is 6.33. The smallest absolute Gasteiger partial charge is 0.266 e. The first-order valence-electron chi connectivity index (χ1n) is 9.98. The summed E-state index contributed by atoms with van der Waals surface area (Å²) in [5.74, 6) is -1.06. The van der Waals surface area contributed by atoms with Gasteiger partial charge in [-0.25, -0.2) is 9.96 Å². The molecule has 3 aromatic rings. The summed E-state index contributed by atoms with van der Waals surface area (Å²) in [6.07, 6.45) is -1.01. The Bertz CT molecular complexity index is 1180. The Kier molecular flexibility index (Phi) is 5.29. The monoisotopic (exact) mass is 468 g/mol. The molecule has 2 fully saturated rings. The van der Waals surface area contributed by atoms with Gasteiger partial charge < -0.3 is 4.74 Å². The number of amides is 2. The van der Waals surface area contributed by atoms with E-state index in [1.165, 1.54) is 0 Å². The van der Waals surface area contributed by atoms with Crippen molar-refractivity contribution in [2.45, 2.75) is 12.1 Å². The van der Waals surface area contributed by atoms with Gasteiger partial charge in [-0.1, -0.05) is 59.6 Å². The Balaban J connectivity index is 1.62. The van der Waals surface area contributed by atoms with Crippen molar-refractivity contribution in [3.8, 4) is 5.75 Å². The Morgan fingerprint density at radius 2 is 1.56 bits per heavy atom. The second kappa shape index (κ2) is 8.13. The first-order valence-corrected chi connectivity index (χ1v) is 10.7. The fraction of sp³-hybridized carbons (Fsp3) is 0.167. The molecule has 0 unspecified atom stereocenters. The number of carbonyl (C=O) groups is 2. The molecule has 0 saturated carbocycles. The van der Waals surface area contributed by atoms with E-state index in [9.17, 15) is 9.59 Å². The molecule has 2 aliphatic rings. The molecule has 0 aromatic heterocycles. The number of nitrogens with zero attached hydrogens (tertiary/aromatic N) is 2. The van der Waals surface area contributed by atoms with Gasteiger partial charge in [0.25, 0.3) is 5.91 Å². The first-order chi connectivity index (χ1) is 15.5. The number of hydrogen-bond acceptors (Lipinski definition) is 5. The van der Waals surface area contributed by atoms with Crippen LogP contribution in [-0.2, 0) is 14.4 Å². The highest BCUT2D eigenvalue weighted by atomic mass is 35.5. The first kappa shape index (κ1) is 20.8. The third kappa shape index (κ3) is 3.23. The molecule has 2 aliphatic heterocycles. The second-order valence-corrected chi connectivity index (χ2v) is 8.33. The minimum Gasteiger partial charge on any atom is -0.497 e. The van der Waals surface area contributed by atoms with E-state index in [0.29, 0.717) is 5.75 Å². The summed E-state index contributed by atoms with van der Waals surface area (Å²) < 4.78 is 5.38. The Morgan fingerprint density at radius 3 is 2.25 bits per heavy atom. The largest absolute Gasteiger partial charge is 0.497 e. The predicted molar refractivity (Wildman–Crippen MR) is 122 cm³/mol. The van der Waals surface area contributed by atoms with E-state index in [2.05, 4.69) is 0 Å². The zero-order valence-electron chi connectivity index (χ0n) is 16.9. The van der Waals surface area contributed by atoms with Crippen molar-refractivity contribution in [2.24, 2.45) is 5.92 Å². The van der Waals surface area contributed by atoms with E-state index in [4.69, 9.17) is 32.8 Å². The summed E-state index contributed by atoms with van der Waals surface area (Å²) in [4.78, 5) is 34.2. The summed E-state index contributed by atoms with van der Waals surface area (Å²) in [5, 5.41) is 2.07. The number of anilines is 2. The molecule has 6 nitrogen and oxygen atoms in total. The van der Waals surface area contributed by atoms with Crippen molar-refractivity contribution >= 4 is 46.4 Å². The highest BCUT2D eigenvalue weighted by molar-refractivity contribution is 6.42. The van der Waals surface area contributed by atoms with Crippen LogP contribution in [0.4, 0.5) is 11.4 Å². The van der Waals surface area contributed by atoms with Gasteiger partial charge >= 0.3 is 0 Å². The average Bonchev–Trinajstić information content (AvgIpc) is 3.31.